The molecule has 0 radical (unpaired) electrons. The molecule has 1 aromatic carbocycles. The molecule has 0 saturated carbocycles. The highest BCUT2D eigenvalue weighted by Crippen LogP contribution is 2.21. The molecule has 5 heteroatoms. The van der Waals surface area contributed by atoms with Gasteiger partial charge < -0.3 is 10.8 Å². The fraction of sp³-hybridized carbons (Fsp3) is 0.273. The minimum absolute atomic E-state index is 0.0700. The molecule has 0 aliphatic rings. The predicted molar refractivity (Wildman–Crippen MR) is 59.9 cm³/mol. The van der Waals surface area contributed by atoms with Crippen molar-refractivity contribution in [2.24, 2.45) is 5.73 Å². The van der Waals surface area contributed by atoms with Gasteiger partial charge in [0, 0.05) is 11.4 Å². The normalized spacial score (nSPS) is 12.9. The zero-order chi connectivity index (χ0) is 11.5. The van der Waals surface area contributed by atoms with Gasteiger partial charge in [-0.3, -0.25) is 0 Å². The minimum atomic E-state index is -0.307. The number of aromatic nitrogens is 1. The maximum atomic E-state index is 8.92. The molecule has 5 nitrogen and oxygen atoms in total. The van der Waals surface area contributed by atoms with E-state index < -0.39 is 0 Å². The van der Waals surface area contributed by atoms with Gasteiger partial charge in [0.1, 0.15) is 0 Å². The van der Waals surface area contributed by atoms with E-state index in [1.165, 1.54) is 4.73 Å². The molecule has 0 fully saturated rings. The zero-order valence-electron chi connectivity index (χ0n) is 8.71. The molecular formula is C11H14N2O3. The molecular weight excluding hydrogens is 208 g/mol. The van der Waals surface area contributed by atoms with Gasteiger partial charge in [-0.25, -0.2) is 4.99 Å². The molecule has 2 aromatic rings. The Morgan fingerprint density at radius 1 is 1.38 bits per heavy atom. The predicted octanol–water partition coefficient (Wildman–Crippen LogP) is 0.405. The molecule has 4 N–H and O–H groups in total. The first-order chi connectivity index (χ1) is 7.76. The van der Waals surface area contributed by atoms with Crippen LogP contribution in [0.5, 0.6) is 0 Å². The van der Waals surface area contributed by atoms with Crippen LogP contribution < -0.4 is 10.7 Å². The van der Waals surface area contributed by atoms with Gasteiger partial charge in [-0.1, -0.05) is 18.2 Å². The largest absolute Gasteiger partial charge is 0.395 e. The highest BCUT2D eigenvalue weighted by atomic mass is 17.2. The lowest BCUT2D eigenvalue weighted by Gasteiger charge is -2.05. The van der Waals surface area contributed by atoms with E-state index in [9.17, 15) is 0 Å². The Balaban J connectivity index is 2.45. The van der Waals surface area contributed by atoms with Crippen LogP contribution in [-0.4, -0.2) is 27.7 Å². The fourth-order valence-electron chi connectivity index (χ4n) is 1.80. The number of benzene rings is 1. The molecule has 0 bridgehead atoms. The van der Waals surface area contributed by atoms with Gasteiger partial charge in [0.2, 0.25) is 0 Å². The van der Waals surface area contributed by atoms with Gasteiger partial charge in [-0.15, -0.1) is 0 Å². The van der Waals surface area contributed by atoms with Crippen LogP contribution in [-0.2, 0) is 6.42 Å². The number of aliphatic hydroxyl groups excluding tert-OH is 1. The van der Waals surface area contributed by atoms with Gasteiger partial charge >= 0.3 is 0 Å². The highest BCUT2D eigenvalue weighted by molar-refractivity contribution is 5.83. The molecule has 86 valence electrons. The van der Waals surface area contributed by atoms with Crippen molar-refractivity contribution in [1.82, 2.24) is 4.73 Å². The molecule has 0 amide bonds. The summed E-state index contributed by atoms with van der Waals surface area (Å²) in [5, 5.41) is 18.6. The van der Waals surface area contributed by atoms with E-state index in [2.05, 4.69) is 4.99 Å². The molecule has 0 unspecified atom stereocenters. The van der Waals surface area contributed by atoms with Crippen molar-refractivity contribution in [3.63, 3.8) is 0 Å². The van der Waals surface area contributed by atoms with E-state index in [0.29, 0.717) is 6.42 Å². The van der Waals surface area contributed by atoms with Crippen LogP contribution in [0.2, 0.25) is 0 Å². The Hall–Kier alpha value is -1.56. The van der Waals surface area contributed by atoms with Crippen LogP contribution in [0.3, 0.4) is 0 Å². The first kappa shape index (κ1) is 10.9. The van der Waals surface area contributed by atoms with Crippen LogP contribution in [0.25, 0.3) is 10.9 Å². The van der Waals surface area contributed by atoms with Crippen LogP contribution in [0, 0.1) is 0 Å². The Bertz CT molecular complexity index is 481. The number of fused-ring (bicyclic) bond motifs is 1. The third-order valence-corrected chi connectivity index (χ3v) is 2.57. The molecule has 1 aromatic heterocycles. The summed E-state index contributed by atoms with van der Waals surface area (Å²) >= 11 is 0. The standard InChI is InChI=1S/C11H14N2O3/c12-9(7-14)5-8-6-13(16-15)11-4-2-1-3-10(8)11/h1-4,6,9,14-15H,5,7,12H2/t9-/m0/s1. The third kappa shape index (κ3) is 1.88. The van der Waals surface area contributed by atoms with Crippen molar-refractivity contribution in [2.75, 3.05) is 6.61 Å². The lowest BCUT2D eigenvalue weighted by Crippen LogP contribution is -2.26. The van der Waals surface area contributed by atoms with Gasteiger partial charge in [0.25, 0.3) is 0 Å². The van der Waals surface area contributed by atoms with E-state index in [4.69, 9.17) is 16.1 Å². The van der Waals surface area contributed by atoms with Gasteiger partial charge in [-0.05, 0) is 18.1 Å². The molecule has 1 atom stereocenters. The average molecular weight is 222 g/mol. The van der Waals surface area contributed by atoms with E-state index in [1.54, 1.807) is 6.20 Å². The summed E-state index contributed by atoms with van der Waals surface area (Å²) in [7, 11) is 0. The second-order valence-electron chi connectivity index (χ2n) is 3.73. The number of nitrogens with two attached hydrogens (primary N) is 1. The van der Waals surface area contributed by atoms with Crippen LogP contribution in [0.15, 0.2) is 30.5 Å². The van der Waals surface area contributed by atoms with Crippen molar-refractivity contribution in [2.45, 2.75) is 12.5 Å². The van der Waals surface area contributed by atoms with E-state index in [1.807, 2.05) is 24.3 Å². The maximum Gasteiger partial charge on any atom is 0.0907 e. The number of rotatable bonds is 4. The molecule has 0 aliphatic carbocycles. The van der Waals surface area contributed by atoms with Crippen molar-refractivity contribution < 1.29 is 15.4 Å². The molecule has 1 heterocycles. The zero-order valence-corrected chi connectivity index (χ0v) is 8.71. The van der Waals surface area contributed by atoms with Gasteiger partial charge in [0.05, 0.1) is 18.3 Å². The number of hydrogen-bond donors (Lipinski definition) is 3. The van der Waals surface area contributed by atoms with Crippen LogP contribution in [0.1, 0.15) is 5.56 Å². The van der Waals surface area contributed by atoms with Crippen molar-refractivity contribution in [1.29, 1.82) is 0 Å². The quantitative estimate of drug-likeness (QED) is 0.517. The second kappa shape index (κ2) is 4.52. The third-order valence-electron chi connectivity index (χ3n) is 2.57. The maximum absolute atomic E-state index is 8.92. The van der Waals surface area contributed by atoms with E-state index >= 15 is 0 Å². The van der Waals surface area contributed by atoms with E-state index in [0.717, 1.165) is 16.5 Å². The Morgan fingerprint density at radius 3 is 2.81 bits per heavy atom. The van der Waals surface area contributed by atoms with Gasteiger partial charge in [-0.2, -0.15) is 9.99 Å². The lowest BCUT2D eigenvalue weighted by molar-refractivity contribution is -0.238. The van der Waals surface area contributed by atoms with Crippen molar-refractivity contribution in [3.8, 4) is 0 Å². The van der Waals surface area contributed by atoms with Crippen LogP contribution >= 0.6 is 0 Å². The summed E-state index contributed by atoms with van der Waals surface area (Å²) in [5.41, 5.74) is 7.39. The SMILES string of the molecule is N[C@H](CO)Cc1cn(OO)c2ccccc12. The van der Waals surface area contributed by atoms with Crippen molar-refractivity contribution >= 4 is 10.9 Å². The molecule has 0 aliphatic heterocycles. The van der Waals surface area contributed by atoms with Crippen molar-refractivity contribution in [3.05, 3.63) is 36.0 Å². The summed E-state index contributed by atoms with van der Waals surface area (Å²) in [6, 6.07) is 7.20. The highest BCUT2D eigenvalue weighted by Gasteiger charge is 2.11. The number of hydrogen-bond acceptors (Lipinski definition) is 4. The van der Waals surface area contributed by atoms with E-state index in [-0.39, 0.29) is 12.6 Å². The monoisotopic (exact) mass is 222 g/mol. The Morgan fingerprint density at radius 2 is 2.12 bits per heavy atom. The molecule has 0 spiro atoms. The fourth-order valence-corrected chi connectivity index (χ4v) is 1.80. The molecule has 2 rings (SSSR count). The smallest absolute Gasteiger partial charge is 0.0907 e. The summed E-state index contributed by atoms with van der Waals surface area (Å²) in [5.74, 6) is 0. The number of aliphatic hydroxyl groups is 1. The lowest BCUT2D eigenvalue weighted by atomic mass is 10.1. The summed E-state index contributed by atoms with van der Waals surface area (Å²) < 4.78 is 1.27. The summed E-state index contributed by atoms with van der Waals surface area (Å²) in [4.78, 5) is 4.24. The topological polar surface area (TPSA) is 80.6 Å². The Kier molecular flexibility index (Phi) is 3.09. The minimum Gasteiger partial charge on any atom is -0.395 e. The number of nitrogens with zero attached hydrogens (tertiary/aromatic N) is 1. The first-order valence-electron chi connectivity index (χ1n) is 5.03. The average Bonchev–Trinajstić information content (AvgIpc) is 2.68. The number of para-hydroxylation sites is 1. The molecule has 0 saturated heterocycles. The summed E-state index contributed by atoms with van der Waals surface area (Å²) in [6.45, 7) is -0.0700. The first-order valence-corrected chi connectivity index (χ1v) is 5.03. The molecule has 16 heavy (non-hydrogen) atoms. The van der Waals surface area contributed by atoms with Gasteiger partial charge in [0.15, 0.2) is 0 Å². The second-order valence-corrected chi connectivity index (χ2v) is 3.73. The summed E-state index contributed by atoms with van der Waals surface area (Å²) in [6.07, 6.45) is 2.20. The van der Waals surface area contributed by atoms with Crippen LogP contribution in [0.4, 0.5) is 0 Å². The Labute approximate surface area is 92.6 Å².